The van der Waals surface area contributed by atoms with Crippen molar-refractivity contribution in [2.45, 2.75) is 37.6 Å². The average molecular weight is 254 g/mol. The van der Waals surface area contributed by atoms with E-state index in [1.165, 1.54) is 31.2 Å². The zero-order chi connectivity index (χ0) is 12.3. The van der Waals surface area contributed by atoms with E-state index in [-0.39, 0.29) is 0 Å². The highest BCUT2D eigenvalue weighted by Crippen LogP contribution is 2.36. The van der Waals surface area contributed by atoms with Crippen molar-refractivity contribution in [3.63, 3.8) is 0 Å². The van der Waals surface area contributed by atoms with Crippen molar-refractivity contribution in [3.8, 4) is 5.75 Å². The fourth-order valence-corrected chi connectivity index (χ4v) is 2.92. The quantitative estimate of drug-likeness (QED) is 0.889. The monoisotopic (exact) mass is 253 g/mol. The predicted octanol–water partition coefficient (Wildman–Crippen LogP) is 3.59. The van der Waals surface area contributed by atoms with Gasteiger partial charge >= 0.3 is 0 Å². The molecule has 1 aliphatic carbocycles. The standard InChI is InChI=1S/C14H20ClNO/c1-16-12-6-3-10(4-7-12)11-5-8-14(17-2)13(15)9-11/h5,8-10,12,16H,3-4,6-7H2,1-2H3. The van der Waals surface area contributed by atoms with Crippen LogP contribution in [0.4, 0.5) is 0 Å². The lowest BCUT2D eigenvalue weighted by molar-refractivity contribution is 0.358. The number of methoxy groups -OCH3 is 1. The molecule has 0 amide bonds. The summed E-state index contributed by atoms with van der Waals surface area (Å²) in [5.74, 6) is 1.42. The predicted molar refractivity (Wildman–Crippen MR) is 72.1 cm³/mol. The van der Waals surface area contributed by atoms with Crippen LogP contribution in [0.3, 0.4) is 0 Å². The molecule has 0 bridgehead atoms. The minimum Gasteiger partial charge on any atom is -0.495 e. The van der Waals surface area contributed by atoms with Crippen LogP contribution in [0.5, 0.6) is 5.75 Å². The summed E-state index contributed by atoms with van der Waals surface area (Å²) in [6.45, 7) is 0. The minimum absolute atomic E-state index is 0.656. The number of hydrogen-bond acceptors (Lipinski definition) is 2. The molecule has 1 aromatic carbocycles. The molecular formula is C14H20ClNO. The highest BCUT2D eigenvalue weighted by molar-refractivity contribution is 6.32. The van der Waals surface area contributed by atoms with Gasteiger partial charge in [0.15, 0.2) is 0 Å². The molecule has 0 aliphatic heterocycles. The lowest BCUT2D eigenvalue weighted by Gasteiger charge is -2.28. The summed E-state index contributed by atoms with van der Waals surface area (Å²) in [6, 6.07) is 6.88. The van der Waals surface area contributed by atoms with E-state index in [4.69, 9.17) is 16.3 Å². The van der Waals surface area contributed by atoms with E-state index in [0.29, 0.717) is 12.0 Å². The number of ether oxygens (including phenoxy) is 1. The van der Waals surface area contributed by atoms with Gasteiger partial charge in [0, 0.05) is 6.04 Å². The normalized spacial score (nSPS) is 24.6. The van der Waals surface area contributed by atoms with Crippen LogP contribution >= 0.6 is 11.6 Å². The number of nitrogens with one attached hydrogen (secondary N) is 1. The third kappa shape index (κ3) is 2.93. The zero-order valence-electron chi connectivity index (χ0n) is 10.5. The van der Waals surface area contributed by atoms with Crippen LogP contribution in [0.15, 0.2) is 18.2 Å². The van der Waals surface area contributed by atoms with Gasteiger partial charge in [-0.3, -0.25) is 0 Å². The van der Waals surface area contributed by atoms with E-state index >= 15 is 0 Å². The molecule has 1 aromatic rings. The highest BCUT2D eigenvalue weighted by Gasteiger charge is 2.21. The van der Waals surface area contributed by atoms with Crippen LogP contribution in [-0.2, 0) is 0 Å². The van der Waals surface area contributed by atoms with E-state index in [2.05, 4.69) is 24.5 Å². The molecule has 2 rings (SSSR count). The minimum atomic E-state index is 0.656. The summed E-state index contributed by atoms with van der Waals surface area (Å²) in [5.41, 5.74) is 1.35. The van der Waals surface area contributed by atoms with Gasteiger partial charge in [-0.15, -0.1) is 0 Å². The third-order valence-corrected chi connectivity index (χ3v) is 4.08. The first-order valence-corrected chi connectivity index (χ1v) is 6.63. The van der Waals surface area contributed by atoms with E-state index in [1.54, 1.807) is 7.11 Å². The first-order valence-electron chi connectivity index (χ1n) is 6.25. The summed E-state index contributed by atoms with van der Waals surface area (Å²) in [7, 11) is 3.70. The molecule has 1 fully saturated rings. The van der Waals surface area contributed by atoms with Crippen LogP contribution in [0.1, 0.15) is 37.2 Å². The molecule has 2 nitrogen and oxygen atoms in total. The van der Waals surface area contributed by atoms with Crippen LogP contribution in [-0.4, -0.2) is 20.2 Å². The fraction of sp³-hybridized carbons (Fsp3) is 0.571. The first-order chi connectivity index (χ1) is 8.24. The molecule has 0 spiro atoms. The van der Waals surface area contributed by atoms with E-state index in [1.807, 2.05) is 6.07 Å². The third-order valence-electron chi connectivity index (χ3n) is 3.78. The Morgan fingerprint density at radius 2 is 1.94 bits per heavy atom. The van der Waals surface area contributed by atoms with Crippen molar-refractivity contribution >= 4 is 11.6 Å². The molecule has 0 saturated heterocycles. The zero-order valence-corrected chi connectivity index (χ0v) is 11.3. The maximum absolute atomic E-state index is 6.17. The Hall–Kier alpha value is -0.730. The van der Waals surface area contributed by atoms with Crippen molar-refractivity contribution in [1.29, 1.82) is 0 Å². The summed E-state index contributed by atoms with van der Waals surface area (Å²) in [6.07, 6.45) is 5.00. The van der Waals surface area contributed by atoms with Gasteiger partial charge < -0.3 is 10.1 Å². The van der Waals surface area contributed by atoms with Crippen molar-refractivity contribution in [2.75, 3.05) is 14.2 Å². The van der Waals surface area contributed by atoms with Gasteiger partial charge in [0.25, 0.3) is 0 Å². The van der Waals surface area contributed by atoms with Gasteiger partial charge in [0.05, 0.1) is 12.1 Å². The molecule has 1 N–H and O–H groups in total. The van der Waals surface area contributed by atoms with Crippen LogP contribution < -0.4 is 10.1 Å². The Labute approximate surface area is 108 Å². The van der Waals surface area contributed by atoms with Crippen LogP contribution in [0.25, 0.3) is 0 Å². The van der Waals surface area contributed by atoms with E-state index < -0.39 is 0 Å². The highest BCUT2D eigenvalue weighted by atomic mass is 35.5. The topological polar surface area (TPSA) is 21.3 Å². The second-order valence-electron chi connectivity index (χ2n) is 4.73. The van der Waals surface area contributed by atoms with E-state index in [0.717, 1.165) is 10.8 Å². The first kappa shape index (κ1) is 12.7. The lowest BCUT2D eigenvalue weighted by atomic mass is 9.82. The fourth-order valence-electron chi connectivity index (χ4n) is 2.65. The Kier molecular flexibility index (Phi) is 4.30. The molecule has 0 unspecified atom stereocenters. The summed E-state index contributed by atoms with van der Waals surface area (Å²) in [5, 5.41) is 4.08. The summed E-state index contributed by atoms with van der Waals surface area (Å²) in [4.78, 5) is 0. The molecule has 0 radical (unpaired) electrons. The number of halogens is 1. The molecule has 0 aromatic heterocycles. The molecule has 1 aliphatic rings. The number of benzene rings is 1. The smallest absolute Gasteiger partial charge is 0.137 e. The van der Waals surface area contributed by atoms with Crippen molar-refractivity contribution in [3.05, 3.63) is 28.8 Å². The SMILES string of the molecule is CNC1CCC(c2ccc(OC)c(Cl)c2)CC1. The van der Waals surface area contributed by atoms with E-state index in [9.17, 15) is 0 Å². The Balaban J connectivity index is 2.06. The Morgan fingerprint density at radius 1 is 1.24 bits per heavy atom. The van der Waals surface area contributed by atoms with Gasteiger partial charge in [-0.1, -0.05) is 17.7 Å². The lowest BCUT2D eigenvalue weighted by Crippen LogP contribution is -2.29. The second kappa shape index (κ2) is 5.74. The largest absolute Gasteiger partial charge is 0.495 e. The average Bonchev–Trinajstić information content (AvgIpc) is 2.39. The van der Waals surface area contributed by atoms with Gasteiger partial charge in [-0.05, 0) is 56.3 Å². The van der Waals surface area contributed by atoms with Crippen LogP contribution in [0.2, 0.25) is 5.02 Å². The molecular weight excluding hydrogens is 234 g/mol. The molecule has 1 saturated carbocycles. The second-order valence-corrected chi connectivity index (χ2v) is 5.14. The van der Waals surface area contributed by atoms with Crippen molar-refractivity contribution < 1.29 is 4.74 Å². The van der Waals surface area contributed by atoms with Crippen molar-refractivity contribution in [1.82, 2.24) is 5.32 Å². The molecule has 0 heterocycles. The molecule has 0 atom stereocenters. The number of rotatable bonds is 3. The molecule has 3 heteroatoms. The number of hydrogen-bond donors (Lipinski definition) is 1. The maximum atomic E-state index is 6.17. The summed E-state index contributed by atoms with van der Waals surface area (Å²) >= 11 is 6.17. The van der Waals surface area contributed by atoms with Gasteiger partial charge in [-0.2, -0.15) is 0 Å². The molecule has 94 valence electrons. The van der Waals surface area contributed by atoms with Crippen molar-refractivity contribution in [2.24, 2.45) is 0 Å². The Bertz CT molecular complexity index is 372. The Morgan fingerprint density at radius 3 is 2.47 bits per heavy atom. The van der Waals surface area contributed by atoms with Crippen LogP contribution in [0, 0.1) is 0 Å². The van der Waals surface area contributed by atoms with Gasteiger partial charge in [-0.25, -0.2) is 0 Å². The summed E-state index contributed by atoms with van der Waals surface area (Å²) < 4.78 is 5.18. The molecule has 17 heavy (non-hydrogen) atoms. The maximum Gasteiger partial charge on any atom is 0.137 e. The van der Waals surface area contributed by atoms with Gasteiger partial charge in [0.1, 0.15) is 5.75 Å². The van der Waals surface area contributed by atoms with Gasteiger partial charge in [0.2, 0.25) is 0 Å².